The van der Waals surface area contributed by atoms with Gasteiger partial charge in [0.1, 0.15) is 5.75 Å². The highest BCUT2D eigenvalue weighted by atomic mass is 19.4. The molecule has 2 rings (SSSR count). The van der Waals surface area contributed by atoms with Crippen molar-refractivity contribution in [2.75, 3.05) is 5.32 Å². The molecule has 0 atom stereocenters. The van der Waals surface area contributed by atoms with E-state index in [9.17, 15) is 22.8 Å². The second-order valence-electron chi connectivity index (χ2n) is 4.72. The molecule has 0 spiro atoms. The Hall–Kier alpha value is -2.83. The highest BCUT2D eigenvalue weighted by molar-refractivity contribution is 6.46. The van der Waals surface area contributed by atoms with Crippen molar-refractivity contribution in [2.45, 2.75) is 13.3 Å². The van der Waals surface area contributed by atoms with E-state index in [4.69, 9.17) is 0 Å². The number of carbonyl (C=O) groups is 2. The lowest BCUT2D eigenvalue weighted by Gasteiger charge is -2.09. The van der Waals surface area contributed by atoms with Gasteiger partial charge in [0.2, 0.25) is 0 Å². The number of alkyl halides is 3. The molecular weight excluding hydrogens is 311 g/mol. The fraction of sp³-hybridized carbons (Fsp3) is 0.125. The fourth-order valence-corrected chi connectivity index (χ4v) is 1.76. The van der Waals surface area contributed by atoms with Crippen molar-refractivity contribution in [3.8, 4) is 5.75 Å². The number of hydrogen-bond acceptors (Lipinski definition) is 3. The van der Waals surface area contributed by atoms with Crippen molar-refractivity contribution in [1.82, 2.24) is 0 Å². The number of rotatable bonds is 4. The van der Waals surface area contributed by atoms with Crippen LogP contribution in [-0.2, 0) is 4.79 Å². The van der Waals surface area contributed by atoms with E-state index < -0.39 is 23.8 Å². The van der Waals surface area contributed by atoms with Crippen LogP contribution in [0.2, 0.25) is 0 Å². The Balaban J connectivity index is 2.02. The molecule has 0 fully saturated rings. The van der Waals surface area contributed by atoms with Gasteiger partial charge in [-0.2, -0.15) is 0 Å². The molecule has 0 aromatic heterocycles. The van der Waals surface area contributed by atoms with Crippen LogP contribution in [0.4, 0.5) is 18.9 Å². The number of ether oxygens (including phenoxy) is 1. The molecule has 0 unspecified atom stereocenters. The van der Waals surface area contributed by atoms with Gasteiger partial charge in [-0.15, -0.1) is 13.2 Å². The van der Waals surface area contributed by atoms with Crippen molar-refractivity contribution < 1.29 is 27.5 Å². The molecule has 0 aliphatic carbocycles. The van der Waals surface area contributed by atoms with Gasteiger partial charge in [-0.05, 0) is 31.2 Å². The summed E-state index contributed by atoms with van der Waals surface area (Å²) in [5.74, 6) is -2.03. The van der Waals surface area contributed by atoms with Crippen molar-refractivity contribution in [1.29, 1.82) is 0 Å². The molecule has 0 radical (unpaired) electrons. The Morgan fingerprint density at radius 3 is 2.04 bits per heavy atom. The van der Waals surface area contributed by atoms with E-state index in [0.29, 0.717) is 0 Å². The standard InChI is InChI=1S/C16H12F3NO3/c1-10-2-4-11(5-3-10)14(21)15(22)20-12-6-8-13(9-7-12)23-16(17,18)19/h2-9H,1H3,(H,20,22). The van der Waals surface area contributed by atoms with Gasteiger partial charge < -0.3 is 10.1 Å². The quantitative estimate of drug-likeness (QED) is 0.689. The molecular formula is C16H12F3NO3. The monoisotopic (exact) mass is 323 g/mol. The van der Waals surface area contributed by atoms with Gasteiger partial charge in [0.25, 0.3) is 11.7 Å². The minimum Gasteiger partial charge on any atom is -0.406 e. The lowest BCUT2D eigenvalue weighted by Crippen LogP contribution is -2.22. The summed E-state index contributed by atoms with van der Waals surface area (Å²) in [5.41, 5.74) is 1.36. The zero-order valence-electron chi connectivity index (χ0n) is 12.0. The first-order valence-electron chi connectivity index (χ1n) is 6.53. The number of aryl methyl sites for hydroxylation is 1. The summed E-state index contributed by atoms with van der Waals surface area (Å²) in [5, 5.41) is 2.32. The van der Waals surface area contributed by atoms with Crippen LogP contribution >= 0.6 is 0 Å². The SMILES string of the molecule is Cc1ccc(C(=O)C(=O)Nc2ccc(OC(F)(F)F)cc2)cc1. The van der Waals surface area contributed by atoms with Crippen LogP contribution in [0, 0.1) is 6.92 Å². The van der Waals surface area contributed by atoms with Gasteiger partial charge in [0.15, 0.2) is 0 Å². The van der Waals surface area contributed by atoms with Crippen LogP contribution in [-0.4, -0.2) is 18.1 Å². The van der Waals surface area contributed by atoms with Gasteiger partial charge in [-0.3, -0.25) is 9.59 Å². The number of amides is 1. The average Bonchev–Trinajstić information content (AvgIpc) is 2.48. The van der Waals surface area contributed by atoms with Gasteiger partial charge in [-0.25, -0.2) is 0 Å². The predicted octanol–water partition coefficient (Wildman–Crippen LogP) is 3.72. The van der Waals surface area contributed by atoms with Crippen molar-refractivity contribution in [3.63, 3.8) is 0 Å². The Morgan fingerprint density at radius 1 is 0.957 bits per heavy atom. The Morgan fingerprint density at radius 2 is 1.52 bits per heavy atom. The van der Waals surface area contributed by atoms with Crippen molar-refractivity contribution >= 4 is 17.4 Å². The third kappa shape index (κ3) is 4.84. The average molecular weight is 323 g/mol. The maximum atomic E-state index is 12.0. The number of anilines is 1. The molecule has 120 valence electrons. The Kier molecular flexibility index (Phi) is 4.68. The number of nitrogens with one attached hydrogen (secondary N) is 1. The molecule has 0 aliphatic heterocycles. The highest BCUT2D eigenvalue weighted by Crippen LogP contribution is 2.24. The topological polar surface area (TPSA) is 55.4 Å². The number of hydrogen-bond donors (Lipinski definition) is 1. The molecule has 0 saturated heterocycles. The van der Waals surface area contributed by atoms with E-state index in [0.717, 1.165) is 17.7 Å². The zero-order valence-corrected chi connectivity index (χ0v) is 12.0. The molecule has 2 aromatic rings. The second kappa shape index (κ2) is 6.51. The lowest BCUT2D eigenvalue weighted by molar-refractivity contribution is -0.274. The predicted molar refractivity (Wildman–Crippen MR) is 77.3 cm³/mol. The van der Waals surface area contributed by atoms with E-state index in [1.807, 2.05) is 6.92 Å². The summed E-state index contributed by atoms with van der Waals surface area (Å²) in [7, 11) is 0. The smallest absolute Gasteiger partial charge is 0.406 e. The number of ketones is 1. The summed E-state index contributed by atoms with van der Waals surface area (Å²) in [4.78, 5) is 23.8. The third-order valence-electron chi connectivity index (χ3n) is 2.87. The van der Waals surface area contributed by atoms with Gasteiger partial charge in [0, 0.05) is 11.3 Å². The maximum Gasteiger partial charge on any atom is 0.573 e. The summed E-state index contributed by atoms with van der Waals surface area (Å²) in [6.45, 7) is 1.85. The van der Waals surface area contributed by atoms with Crippen LogP contribution in [0.25, 0.3) is 0 Å². The van der Waals surface area contributed by atoms with Crippen molar-refractivity contribution in [3.05, 3.63) is 59.7 Å². The number of benzene rings is 2. The van der Waals surface area contributed by atoms with E-state index in [-0.39, 0.29) is 11.3 Å². The molecule has 7 heteroatoms. The summed E-state index contributed by atoms with van der Waals surface area (Å²) >= 11 is 0. The van der Waals surface area contributed by atoms with Gasteiger partial charge in [0.05, 0.1) is 0 Å². The zero-order chi connectivity index (χ0) is 17.0. The number of carbonyl (C=O) groups excluding carboxylic acids is 2. The van der Waals surface area contributed by atoms with E-state index in [1.165, 1.54) is 24.3 Å². The molecule has 2 aromatic carbocycles. The molecule has 1 N–H and O–H groups in total. The summed E-state index contributed by atoms with van der Waals surface area (Å²) < 4.78 is 39.8. The van der Waals surface area contributed by atoms with Crippen molar-refractivity contribution in [2.24, 2.45) is 0 Å². The van der Waals surface area contributed by atoms with Crippen LogP contribution in [0.1, 0.15) is 15.9 Å². The molecule has 0 heterocycles. The molecule has 0 saturated carbocycles. The minimum absolute atomic E-state index is 0.185. The first-order chi connectivity index (χ1) is 10.7. The van der Waals surface area contributed by atoms with Gasteiger partial charge in [-0.1, -0.05) is 29.8 Å². The molecule has 4 nitrogen and oxygen atoms in total. The number of Topliss-reactive ketones (excluding diaryl/α,β-unsaturated/α-hetero) is 1. The maximum absolute atomic E-state index is 12.0. The number of halogens is 3. The molecule has 0 aliphatic rings. The first-order valence-corrected chi connectivity index (χ1v) is 6.53. The normalized spacial score (nSPS) is 11.0. The Bertz CT molecular complexity index is 707. The van der Waals surface area contributed by atoms with Gasteiger partial charge >= 0.3 is 6.36 Å². The first kappa shape index (κ1) is 16.5. The largest absolute Gasteiger partial charge is 0.573 e. The summed E-state index contributed by atoms with van der Waals surface area (Å²) in [6, 6.07) is 10.9. The second-order valence-corrected chi connectivity index (χ2v) is 4.72. The fourth-order valence-electron chi connectivity index (χ4n) is 1.76. The van der Waals surface area contributed by atoms with E-state index in [1.54, 1.807) is 12.1 Å². The molecule has 1 amide bonds. The van der Waals surface area contributed by atoms with Crippen LogP contribution in [0.3, 0.4) is 0 Å². The highest BCUT2D eigenvalue weighted by Gasteiger charge is 2.31. The molecule has 0 bridgehead atoms. The Labute approximate surface area is 129 Å². The summed E-state index contributed by atoms with van der Waals surface area (Å²) in [6.07, 6.45) is -4.79. The lowest BCUT2D eigenvalue weighted by atomic mass is 10.1. The third-order valence-corrected chi connectivity index (χ3v) is 2.87. The van der Waals surface area contributed by atoms with Crippen LogP contribution in [0.15, 0.2) is 48.5 Å². The molecule has 23 heavy (non-hydrogen) atoms. The van der Waals surface area contributed by atoms with Crippen LogP contribution in [0.5, 0.6) is 5.75 Å². The van der Waals surface area contributed by atoms with E-state index >= 15 is 0 Å². The van der Waals surface area contributed by atoms with E-state index in [2.05, 4.69) is 10.1 Å². The minimum atomic E-state index is -4.79. The van der Waals surface area contributed by atoms with Crippen LogP contribution < -0.4 is 10.1 Å².